The van der Waals surface area contributed by atoms with Gasteiger partial charge in [0.25, 0.3) is 5.91 Å². The maximum atomic E-state index is 11.3. The Morgan fingerprint density at radius 3 is 2.65 bits per heavy atom. The molecule has 0 aromatic carbocycles. The van der Waals surface area contributed by atoms with Crippen molar-refractivity contribution < 1.29 is 9.53 Å². The van der Waals surface area contributed by atoms with Crippen molar-refractivity contribution in [3.8, 4) is 5.88 Å². The molecule has 0 bridgehead atoms. The van der Waals surface area contributed by atoms with Gasteiger partial charge in [-0.15, -0.1) is 0 Å². The van der Waals surface area contributed by atoms with Gasteiger partial charge in [0.1, 0.15) is 11.4 Å². The molecular formula is C13H19BrN4O2. The molecule has 7 heteroatoms. The number of rotatable bonds is 4. The lowest BCUT2D eigenvalue weighted by Crippen LogP contribution is -2.33. The van der Waals surface area contributed by atoms with Gasteiger partial charge in [-0.05, 0) is 47.7 Å². The maximum absolute atomic E-state index is 11.3. The summed E-state index contributed by atoms with van der Waals surface area (Å²) in [6.45, 7) is 0. The van der Waals surface area contributed by atoms with Crippen LogP contribution >= 0.6 is 15.9 Å². The number of nitrogens with two attached hydrogens (primary N) is 2. The number of nitrogens with one attached hydrogen (secondary N) is 1. The quantitative estimate of drug-likeness (QED) is 0.771. The minimum absolute atomic E-state index is 0.232. The first-order valence-electron chi connectivity index (χ1n) is 6.57. The molecule has 1 aromatic rings. The lowest BCUT2D eigenvalue weighted by molar-refractivity contribution is 0.0996. The highest BCUT2D eigenvalue weighted by atomic mass is 79.9. The number of methoxy groups -OCH3 is 1. The van der Waals surface area contributed by atoms with Gasteiger partial charge in [0, 0.05) is 12.1 Å². The number of pyridine rings is 1. The predicted molar refractivity (Wildman–Crippen MR) is 80.9 cm³/mol. The van der Waals surface area contributed by atoms with Gasteiger partial charge in [0.15, 0.2) is 0 Å². The summed E-state index contributed by atoms with van der Waals surface area (Å²) in [6, 6.07) is 2.27. The number of hydrogen-bond donors (Lipinski definition) is 3. The minimum atomic E-state index is -0.565. The predicted octanol–water partition coefficient (Wildman–Crippen LogP) is 1.63. The number of aromatic nitrogens is 1. The molecule has 6 nitrogen and oxygen atoms in total. The average Bonchev–Trinajstić information content (AvgIpc) is 2.42. The Morgan fingerprint density at radius 1 is 1.45 bits per heavy atom. The highest BCUT2D eigenvalue weighted by molar-refractivity contribution is 9.10. The van der Waals surface area contributed by atoms with Gasteiger partial charge in [-0.25, -0.2) is 0 Å². The normalized spacial score (nSPS) is 22.4. The molecule has 5 N–H and O–H groups in total. The molecule has 20 heavy (non-hydrogen) atoms. The number of halogens is 1. The summed E-state index contributed by atoms with van der Waals surface area (Å²) in [5.74, 6) is 0.327. The van der Waals surface area contributed by atoms with Gasteiger partial charge in [0.05, 0.1) is 11.6 Å². The molecular weight excluding hydrogens is 324 g/mol. The van der Waals surface area contributed by atoms with E-state index in [1.807, 2.05) is 0 Å². The van der Waals surface area contributed by atoms with E-state index in [0.717, 1.165) is 25.7 Å². The number of primary amides is 1. The third-order valence-corrected chi connectivity index (χ3v) is 4.12. The fourth-order valence-electron chi connectivity index (χ4n) is 2.36. The molecule has 2 rings (SSSR count). The molecule has 0 unspecified atom stereocenters. The van der Waals surface area contributed by atoms with E-state index in [4.69, 9.17) is 16.2 Å². The van der Waals surface area contributed by atoms with E-state index in [1.54, 1.807) is 6.07 Å². The van der Waals surface area contributed by atoms with Crippen molar-refractivity contribution in [1.29, 1.82) is 0 Å². The number of nitrogens with zero attached hydrogens (tertiary/aromatic N) is 1. The van der Waals surface area contributed by atoms with Crippen LogP contribution in [0.25, 0.3) is 0 Å². The van der Waals surface area contributed by atoms with Crippen LogP contribution < -0.4 is 21.5 Å². The summed E-state index contributed by atoms with van der Waals surface area (Å²) >= 11 is 3.40. The van der Waals surface area contributed by atoms with Crippen molar-refractivity contribution >= 4 is 27.7 Å². The van der Waals surface area contributed by atoms with Crippen molar-refractivity contribution in [2.24, 2.45) is 11.5 Å². The van der Waals surface area contributed by atoms with E-state index >= 15 is 0 Å². The van der Waals surface area contributed by atoms with E-state index in [2.05, 4.69) is 26.2 Å². The minimum Gasteiger partial charge on any atom is -0.480 e. The summed E-state index contributed by atoms with van der Waals surface area (Å²) in [5.41, 5.74) is 11.4. The number of anilines is 1. The highest BCUT2D eigenvalue weighted by Crippen LogP contribution is 2.29. The zero-order valence-corrected chi connectivity index (χ0v) is 12.9. The molecule has 1 saturated carbocycles. The molecule has 1 amide bonds. The van der Waals surface area contributed by atoms with Crippen LogP contribution in [0.4, 0.5) is 5.82 Å². The second kappa shape index (κ2) is 6.41. The molecule has 110 valence electrons. The third kappa shape index (κ3) is 3.40. The fraction of sp³-hybridized carbons (Fsp3) is 0.538. The number of amides is 1. The Bertz CT molecular complexity index is 501. The Hall–Kier alpha value is -1.34. The molecule has 1 heterocycles. The fourth-order valence-corrected chi connectivity index (χ4v) is 2.79. The zero-order chi connectivity index (χ0) is 14.7. The van der Waals surface area contributed by atoms with Gasteiger partial charge >= 0.3 is 0 Å². The van der Waals surface area contributed by atoms with Crippen molar-refractivity contribution in [3.63, 3.8) is 0 Å². The van der Waals surface area contributed by atoms with Crippen LogP contribution in [0.5, 0.6) is 5.88 Å². The van der Waals surface area contributed by atoms with Crippen molar-refractivity contribution in [3.05, 3.63) is 16.1 Å². The summed E-state index contributed by atoms with van der Waals surface area (Å²) in [5, 5.41) is 3.36. The van der Waals surface area contributed by atoms with E-state index < -0.39 is 5.91 Å². The summed E-state index contributed by atoms with van der Waals surface area (Å²) in [4.78, 5) is 15.6. The van der Waals surface area contributed by atoms with Crippen LogP contribution in [-0.2, 0) is 0 Å². The third-order valence-electron chi connectivity index (χ3n) is 3.51. The van der Waals surface area contributed by atoms with Gasteiger partial charge in [-0.2, -0.15) is 4.98 Å². The van der Waals surface area contributed by atoms with Gasteiger partial charge in [-0.3, -0.25) is 4.79 Å². The number of carbonyl (C=O) groups is 1. The second-order valence-electron chi connectivity index (χ2n) is 5.00. The lowest BCUT2D eigenvalue weighted by Gasteiger charge is -2.27. The van der Waals surface area contributed by atoms with Crippen molar-refractivity contribution in [2.75, 3.05) is 12.4 Å². The van der Waals surface area contributed by atoms with Crippen molar-refractivity contribution in [2.45, 2.75) is 37.8 Å². The summed E-state index contributed by atoms with van der Waals surface area (Å²) < 4.78 is 5.81. The molecule has 0 atom stereocenters. The first-order chi connectivity index (χ1) is 9.51. The van der Waals surface area contributed by atoms with Crippen LogP contribution in [0.2, 0.25) is 0 Å². The van der Waals surface area contributed by atoms with E-state index in [9.17, 15) is 4.79 Å². The molecule has 0 aliphatic heterocycles. The number of carbonyl (C=O) groups excluding carboxylic acids is 1. The van der Waals surface area contributed by atoms with Crippen LogP contribution in [0.15, 0.2) is 10.5 Å². The number of ether oxygens (including phenoxy) is 1. The van der Waals surface area contributed by atoms with Gasteiger partial charge < -0.3 is 21.5 Å². The molecule has 1 aliphatic rings. The molecule has 0 radical (unpaired) electrons. The Morgan fingerprint density at radius 2 is 2.10 bits per heavy atom. The monoisotopic (exact) mass is 342 g/mol. The van der Waals surface area contributed by atoms with Gasteiger partial charge in [-0.1, -0.05) is 0 Å². The van der Waals surface area contributed by atoms with E-state index in [-0.39, 0.29) is 11.4 Å². The molecule has 0 spiro atoms. The SMILES string of the molecule is COc1nc(N[C@H]2CC[C@H](N)CC2)c(Br)cc1C(N)=O. The van der Waals surface area contributed by atoms with Crippen LogP contribution in [0.3, 0.4) is 0 Å². The highest BCUT2D eigenvalue weighted by Gasteiger charge is 2.21. The van der Waals surface area contributed by atoms with Crippen molar-refractivity contribution in [1.82, 2.24) is 4.98 Å². The smallest absolute Gasteiger partial charge is 0.254 e. The first-order valence-corrected chi connectivity index (χ1v) is 7.37. The first kappa shape index (κ1) is 15.1. The average molecular weight is 343 g/mol. The Balaban J connectivity index is 2.17. The topological polar surface area (TPSA) is 103 Å². The van der Waals surface area contributed by atoms with E-state index in [1.165, 1.54) is 7.11 Å². The maximum Gasteiger partial charge on any atom is 0.254 e. The lowest BCUT2D eigenvalue weighted by atomic mass is 9.92. The number of hydrogen-bond acceptors (Lipinski definition) is 5. The second-order valence-corrected chi connectivity index (χ2v) is 5.85. The van der Waals surface area contributed by atoms with Crippen LogP contribution in [-0.4, -0.2) is 30.1 Å². The molecule has 1 fully saturated rings. The summed E-state index contributed by atoms with van der Waals surface area (Å²) in [7, 11) is 1.46. The largest absolute Gasteiger partial charge is 0.480 e. The zero-order valence-electron chi connectivity index (χ0n) is 11.4. The Kier molecular flexibility index (Phi) is 4.82. The molecule has 1 aromatic heterocycles. The molecule has 1 aliphatic carbocycles. The standard InChI is InChI=1S/C13H19BrN4O2/c1-20-13-9(11(16)19)6-10(14)12(18-13)17-8-4-2-7(15)3-5-8/h6-8H,2-5,15H2,1H3,(H2,16,19)(H,17,18)/t7-,8-. The summed E-state index contributed by atoms with van der Waals surface area (Å²) in [6.07, 6.45) is 4.03. The molecule has 0 saturated heterocycles. The van der Waals surface area contributed by atoms with Gasteiger partial charge in [0.2, 0.25) is 5.88 Å². The van der Waals surface area contributed by atoms with E-state index in [0.29, 0.717) is 22.4 Å². The van der Waals surface area contributed by atoms with Crippen LogP contribution in [0, 0.1) is 0 Å². The Labute approximate surface area is 126 Å². The van der Waals surface area contributed by atoms with Crippen LogP contribution in [0.1, 0.15) is 36.0 Å².